The molecule has 7 heteroatoms. The van der Waals surface area contributed by atoms with Crippen molar-refractivity contribution in [2.45, 2.75) is 18.9 Å². The highest BCUT2D eigenvalue weighted by Crippen LogP contribution is 2.39. The lowest BCUT2D eigenvalue weighted by Gasteiger charge is -2.28. The van der Waals surface area contributed by atoms with Crippen molar-refractivity contribution in [3.05, 3.63) is 74.2 Å². The summed E-state index contributed by atoms with van der Waals surface area (Å²) in [5.74, 6) is -1.30. The number of nitrogens with zero attached hydrogens (tertiary/aromatic N) is 2. The molecule has 0 fully saturated rings. The monoisotopic (exact) mass is 402 g/mol. The summed E-state index contributed by atoms with van der Waals surface area (Å²) in [7, 11) is 0. The lowest BCUT2D eigenvalue weighted by Crippen LogP contribution is -2.45. The van der Waals surface area contributed by atoms with Crippen molar-refractivity contribution in [2.75, 3.05) is 11.4 Å². The Morgan fingerprint density at radius 3 is 2.48 bits per heavy atom. The third-order valence-electron chi connectivity index (χ3n) is 4.34. The van der Waals surface area contributed by atoms with Crippen LogP contribution in [0.25, 0.3) is 0 Å². The van der Waals surface area contributed by atoms with Crippen molar-refractivity contribution in [3.63, 3.8) is 0 Å². The Morgan fingerprint density at radius 1 is 1.24 bits per heavy atom. The largest absolute Gasteiger partial charge is 0.300 e. The first-order chi connectivity index (χ1) is 11.9. The van der Waals surface area contributed by atoms with Gasteiger partial charge in [0.25, 0.3) is 0 Å². The summed E-state index contributed by atoms with van der Waals surface area (Å²) in [6.45, 7) is 0.934. The van der Waals surface area contributed by atoms with Gasteiger partial charge in [0.1, 0.15) is 6.04 Å². The maximum absolute atomic E-state index is 12.9. The van der Waals surface area contributed by atoms with E-state index in [2.05, 4.69) is 15.9 Å². The van der Waals surface area contributed by atoms with Crippen LogP contribution in [0.5, 0.6) is 0 Å². The molecule has 0 N–H and O–H groups in total. The zero-order valence-electron chi connectivity index (χ0n) is 13.4. The van der Waals surface area contributed by atoms with Crippen molar-refractivity contribution in [3.8, 4) is 0 Å². The average Bonchev–Trinajstić information content (AvgIpc) is 2.87. The highest BCUT2D eigenvalue weighted by Gasteiger charge is 2.46. The number of carbonyl (C=O) groups is 2. The predicted molar refractivity (Wildman–Crippen MR) is 96.5 cm³/mol. The zero-order chi connectivity index (χ0) is 18.1. The first-order valence-electron chi connectivity index (χ1n) is 7.70. The van der Waals surface area contributed by atoms with E-state index in [0.717, 1.165) is 4.47 Å². The standard InChI is InChI=1S/C18H15BrN2O4/c1-11(22)21-16-5-3-2-4-14(16)18(23)17(21)15(10-20(24)25)12-6-8-13(19)9-7-12/h2-9,15,17H,10H2,1H3/t15-,17+/m1/s1. The van der Waals surface area contributed by atoms with E-state index in [1.165, 1.54) is 11.8 Å². The number of anilines is 1. The Balaban J connectivity index is 2.11. The molecule has 2 aromatic rings. The normalized spacial score (nSPS) is 17.3. The molecule has 2 aromatic carbocycles. The van der Waals surface area contributed by atoms with E-state index in [9.17, 15) is 19.7 Å². The highest BCUT2D eigenvalue weighted by atomic mass is 79.9. The van der Waals surface area contributed by atoms with Crippen LogP contribution in [0, 0.1) is 10.1 Å². The van der Waals surface area contributed by atoms with Crippen LogP contribution in [0.1, 0.15) is 28.8 Å². The van der Waals surface area contributed by atoms with Gasteiger partial charge in [0.2, 0.25) is 12.5 Å². The first kappa shape index (κ1) is 17.3. The van der Waals surface area contributed by atoms with Gasteiger partial charge in [-0.15, -0.1) is 0 Å². The number of amides is 1. The van der Waals surface area contributed by atoms with Gasteiger partial charge in [0.05, 0.1) is 11.6 Å². The zero-order valence-corrected chi connectivity index (χ0v) is 15.0. The summed E-state index contributed by atoms with van der Waals surface area (Å²) in [6, 6.07) is 12.9. The van der Waals surface area contributed by atoms with Crippen LogP contribution < -0.4 is 4.90 Å². The summed E-state index contributed by atoms with van der Waals surface area (Å²) < 4.78 is 0.834. The second-order valence-corrected chi connectivity index (χ2v) is 6.80. The number of nitro groups is 1. The van der Waals surface area contributed by atoms with Gasteiger partial charge in [-0.05, 0) is 29.8 Å². The van der Waals surface area contributed by atoms with Crippen LogP contribution in [-0.2, 0) is 4.79 Å². The number of hydrogen-bond donors (Lipinski definition) is 0. The minimum atomic E-state index is -0.915. The number of rotatable bonds is 4. The van der Waals surface area contributed by atoms with Gasteiger partial charge < -0.3 is 4.90 Å². The summed E-state index contributed by atoms with van der Waals surface area (Å²) >= 11 is 3.33. The summed E-state index contributed by atoms with van der Waals surface area (Å²) in [6.07, 6.45) is 0. The van der Waals surface area contributed by atoms with Gasteiger partial charge in [-0.3, -0.25) is 19.7 Å². The predicted octanol–water partition coefficient (Wildman–Crippen LogP) is 3.43. The van der Waals surface area contributed by atoms with Crippen LogP contribution in [0.15, 0.2) is 53.0 Å². The Bertz CT molecular complexity index is 850. The van der Waals surface area contributed by atoms with Crippen LogP contribution in [0.2, 0.25) is 0 Å². The summed E-state index contributed by atoms with van der Waals surface area (Å²) in [5, 5.41) is 11.2. The van der Waals surface area contributed by atoms with Crippen molar-refractivity contribution < 1.29 is 14.5 Å². The second kappa shape index (κ2) is 6.76. The van der Waals surface area contributed by atoms with Crippen LogP contribution in [-0.4, -0.2) is 29.2 Å². The summed E-state index contributed by atoms with van der Waals surface area (Å²) in [5.41, 5.74) is 1.58. The Kier molecular flexibility index (Phi) is 4.67. The molecule has 0 aliphatic carbocycles. The quantitative estimate of drug-likeness (QED) is 0.579. The minimum Gasteiger partial charge on any atom is -0.300 e. The highest BCUT2D eigenvalue weighted by molar-refractivity contribution is 9.10. The molecule has 25 heavy (non-hydrogen) atoms. The third kappa shape index (κ3) is 3.19. The Hall–Kier alpha value is -2.54. The number of halogens is 1. The Morgan fingerprint density at radius 2 is 1.88 bits per heavy atom. The molecule has 0 aromatic heterocycles. The van der Waals surface area contributed by atoms with Crippen LogP contribution in [0.3, 0.4) is 0 Å². The van der Waals surface area contributed by atoms with E-state index in [1.54, 1.807) is 48.5 Å². The van der Waals surface area contributed by atoms with Gasteiger partial charge in [-0.2, -0.15) is 0 Å². The molecule has 0 bridgehead atoms. The van der Waals surface area contributed by atoms with E-state index < -0.39 is 23.4 Å². The average molecular weight is 403 g/mol. The van der Waals surface area contributed by atoms with Gasteiger partial charge in [0, 0.05) is 21.9 Å². The minimum absolute atomic E-state index is 0.263. The van der Waals surface area contributed by atoms with Gasteiger partial charge in [-0.25, -0.2) is 0 Å². The Labute approximate surface area is 152 Å². The molecule has 128 valence electrons. The van der Waals surface area contributed by atoms with E-state index >= 15 is 0 Å². The maximum Gasteiger partial charge on any atom is 0.224 e. The van der Waals surface area contributed by atoms with Crippen molar-refractivity contribution >= 4 is 33.3 Å². The lowest BCUT2D eigenvalue weighted by atomic mass is 9.88. The molecule has 0 saturated heterocycles. The fourth-order valence-corrected chi connectivity index (χ4v) is 3.57. The van der Waals surface area contributed by atoms with Crippen LogP contribution >= 0.6 is 15.9 Å². The maximum atomic E-state index is 12.9. The van der Waals surface area contributed by atoms with Crippen molar-refractivity contribution in [2.24, 2.45) is 0 Å². The number of para-hydroxylation sites is 1. The number of benzene rings is 2. The smallest absolute Gasteiger partial charge is 0.224 e. The molecule has 0 unspecified atom stereocenters. The fraction of sp³-hybridized carbons (Fsp3) is 0.222. The lowest BCUT2D eigenvalue weighted by molar-refractivity contribution is -0.483. The topological polar surface area (TPSA) is 80.5 Å². The molecule has 1 aliphatic rings. The number of carbonyl (C=O) groups excluding carboxylic acids is 2. The second-order valence-electron chi connectivity index (χ2n) is 5.89. The SMILES string of the molecule is CC(=O)N1c2ccccc2C(=O)[C@@H]1[C@H](C[N+](=O)[O-])c1ccc(Br)cc1. The molecular formula is C18H15BrN2O4. The number of fused-ring (bicyclic) bond motifs is 1. The molecule has 1 heterocycles. The molecule has 0 radical (unpaired) electrons. The van der Waals surface area contributed by atoms with Crippen molar-refractivity contribution in [1.29, 1.82) is 0 Å². The number of ketones is 1. The van der Waals surface area contributed by atoms with Crippen LogP contribution in [0.4, 0.5) is 5.69 Å². The van der Waals surface area contributed by atoms with E-state index in [-0.39, 0.29) is 11.7 Å². The number of hydrogen-bond acceptors (Lipinski definition) is 4. The van der Waals surface area contributed by atoms with E-state index in [4.69, 9.17) is 0 Å². The summed E-state index contributed by atoms with van der Waals surface area (Å²) in [4.78, 5) is 37.4. The molecular weight excluding hydrogens is 388 g/mol. The number of Topliss-reactive ketones (excluding diaryl/α,β-unsaturated/α-hetero) is 1. The fourth-order valence-electron chi connectivity index (χ4n) is 3.30. The molecule has 6 nitrogen and oxygen atoms in total. The first-order valence-corrected chi connectivity index (χ1v) is 8.49. The molecule has 0 spiro atoms. The molecule has 2 atom stereocenters. The van der Waals surface area contributed by atoms with Crippen molar-refractivity contribution in [1.82, 2.24) is 0 Å². The molecule has 1 amide bonds. The van der Waals surface area contributed by atoms with E-state index in [0.29, 0.717) is 16.8 Å². The van der Waals surface area contributed by atoms with Gasteiger partial charge in [-0.1, -0.05) is 40.2 Å². The van der Waals surface area contributed by atoms with E-state index in [1.807, 2.05) is 0 Å². The molecule has 0 saturated carbocycles. The van der Waals surface area contributed by atoms with Gasteiger partial charge >= 0.3 is 0 Å². The third-order valence-corrected chi connectivity index (χ3v) is 4.87. The molecule has 3 rings (SSSR count). The molecule has 1 aliphatic heterocycles. The van der Waals surface area contributed by atoms with Gasteiger partial charge in [0.15, 0.2) is 5.78 Å².